The van der Waals surface area contributed by atoms with Crippen LogP contribution in [0.5, 0.6) is 23.0 Å². The lowest BCUT2D eigenvalue weighted by atomic mass is 10.1. The zero-order chi connectivity index (χ0) is 22.3. The molecule has 0 unspecified atom stereocenters. The molecule has 2 aliphatic heterocycles. The van der Waals surface area contributed by atoms with Crippen LogP contribution >= 0.6 is 77.8 Å². The second kappa shape index (κ2) is 10.6. The Morgan fingerprint density at radius 2 is 0.700 bits per heavy atom. The molecule has 2 aromatic rings. The van der Waals surface area contributed by atoms with Crippen molar-refractivity contribution in [2.24, 2.45) is 0 Å². The topological polar surface area (TPSA) is 36.9 Å². The minimum absolute atomic E-state index is 0. The summed E-state index contributed by atoms with van der Waals surface area (Å²) < 4.78 is 23.1. The first-order chi connectivity index (χ1) is 13.7. The second-order valence-electron chi connectivity index (χ2n) is 5.26. The van der Waals surface area contributed by atoms with Crippen molar-refractivity contribution >= 4 is 77.8 Å². The van der Waals surface area contributed by atoms with Crippen LogP contribution in [-0.2, 0) is 0 Å². The van der Waals surface area contributed by atoms with Gasteiger partial charge in [0, 0.05) is 0 Å². The number of benzene rings is 2. The van der Waals surface area contributed by atoms with E-state index < -0.39 is 8.17 Å². The summed E-state index contributed by atoms with van der Waals surface area (Å²) in [6.45, 7) is 11.6. The van der Waals surface area contributed by atoms with Gasteiger partial charge in [-0.2, -0.15) is 0 Å². The van der Waals surface area contributed by atoms with Gasteiger partial charge in [-0.25, -0.2) is 18.1 Å². The summed E-state index contributed by atoms with van der Waals surface area (Å²) in [5.41, 5.74) is 1.51. The van der Waals surface area contributed by atoms with Crippen LogP contribution in [0.3, 0.4) is 0 Å². The smallest absolute Gasteiger partial charge is 0.235 e. The molecule has 11 heteroatoms. The van der Waals surface area contributed by atoms with Crippen LogP contribution in [0.2, 0.25) is 30.1 Å². The quantitative estimate of drug-likeness (QED) is 0.183. The molecule has 0 N–H and O–H groups in total. The molecule has 0 radical (unpaired) electrons. The molecule has 2 aromatic carbocycles. The van der Waals surface area contributed by atoms with Crippen molar-refractivity contribution in [3.05, 3.63) is 41.3 Å². The van der Waals surface area contributed by atoms with Gasteiger partial charge in [0.15, 0.2) is 0 Å². The predicted molar refractivity (Wildman–Crippen MR) is 131 cm³/mol. The zero-order valence-corrected chi connectivity index (χ0v) is 21.8. The van der Waals surface area contributed by atoms with E-state index in [9.17, 15) is 0 Å². The molecule has 4 rings (SSSR count). The van der Waals surface area contributed by atoms with E-state index in [0.29, 0.717) is 10.0 Å². The van der Waals surface area contributed by atoms with Gasteiger partial charge in [-0.1, -0.05) is 105 Å². The van der Waals surface area contributed by atoms with E-state index in [-0.39, 0.29) is 50.5 Å². The van der Waals surface area contributed by atoms with E-state index >= 15 is 0 Å². The molecule has 0 amide bonds. The maximum absolute atomic E-state index is 6.35. The third kappa shape index (κ3) is 4.35. The zero-order valence-electron chi connectivity index (χ0n) is 16.3. The Kier molecular flexibility index (Phi) is 9.85. The van der Waals surface area contributed by atoms with Gasteiger partial charge in [-0.3, -0.25) is 0 Å². The van der Waals surface area contributed by atoms with Crippen molar-refractivity contribution in [3.63, 3.8) is 0 Å². The molecule has 0 saturated heterocycles. The molecule has 0 aliphatic carbocycles. The third-order valence-corrected chi connectivity index (χ3v) is 8.12. The number of hydrogen-bond donors (Lipinski definition) is 0. The SMILES string of the molecule is C.CC.CC.Cc1c(C)c(Cl)c2c(c1Cl)O[P+]1(O2)Oc2c(Cl)c(Cl)c(Cl)c(Cl)c2O1. The average Bonchev–Trinajstić information content (AvgIpc) is 3.31. The predicted octanol–water partition coefficient (Wildman–Crippen LogP) is 10.8. The van der Waals surface area contributed by atoms with Gasteiger partial charge < -0.3 is 0 Å². The van der Waals surface area contributed by atoms with Gasteiger partial charge in [0.1, 0.15) is 10.0 Å². The first-order valence-electron chi connectivity index (χ1n) is 8.68. The minimum Gasteiger partial charge on any atom is -0.235 e. The van der Waals surface area contributed by atoms with E-state index in [1.165, 1.54) is 0 Å². The molecule has 0 fully saturated rings. The lowest BCUT2D eigenvalue weighted by Crippen LogP contribution is -2.10. The van der Waals surface area contributed by atoms with Crippen molar-refractivity contribution < 1.29 is 18.1 Å². The normalized spacial score (nSPS) is 13.7. The standard InChI is InChI=1S/C14H6Cl6O4P.2C2H6.CH4/c1-3-4(2)6(16)12-11(5(3)15)21-25(22-12)23-13-9(19)7(17)8(18)10(20)14(13)24-25;2*1-2;/h1-2H3;2*1-2H3;1H4/q+1;;;. The molecule has 4 nitrogen and oxygen atoms in total. The molecule has 0 saturated carbocycles. The molecule has 2 aliphatic rings. The lowest BCUT2D eigenvalue weighted by Gasteiger charge is -2.05. The van der Waals surface area contributed by atoms with E-state index in [4.69, 9.17) is 87.7 Å². The Morgan fingerprint density at radius 1 is 0.467 bits per heavy atom. The van der Waals surface area contributed by atoms with Crippen LogP contribution in [0.4, 0.5) is 0 Å². The van der Waals surface area contributed by atoms with Crippen molar-refractivity contribution in [1.29, 1.82) is 0 Å². The fraction of sp³-hybridized carbons (Fsp3) is 0.368. The molecule has 0 aromatic heterocycles. The number of fused-ring (bicyclic) bond motifs is 2. The van der Waals surface area contributed by atoms with E-state index in [2.05, 4.69) is 0 Å². The van der Waals surface area contributed by atoms with Crippen LogP contribution in [0.1, 0.15) is 46.2 Å². The van der Waals surface area contributed by atoms with Crippen LogP contribution in [0.15, 0.2) is 0 Å². The van der Waals surface area contributed by atoms with Crippen molar-refractivity contribution in [1.82, 2.24) is 0 Å². The maximum Gasteiger partial charge on any atom is 0.767 e. The first kappa shape index (κ1) is 27.8. The minimum atomic E-state index is -3.40. The fourth-order valence-corrected chi connectivity index (χ4v) is 5.80. The summed E-state index contributed by atoms with van der Waals surface area (Å²) in [4.78, 5) is 0. The van der Waals surface area contributed by atoms with Gasteiger partial charge >= 0.3 is 8.17 Å². The Labute approximate surface area is 208 Å². The van der Waals surface area contributed by atoms with Gasteiger partial charge in [-0.15, -0.1) is 0 Å². The Morgan fingerprint density at radius 3 is 0.967 bits per heavy atom. The summed E-state index contributed by atoms with van der Waals surface area (Å²) in [6.07, 6.45) is 0. The molecule has 0 atom stereocenters. The van der Waals surface area contributed by atoms with Crippen LogP contribution in [-0.4, -0.2) is 0 Å². The Bertz CT molecular complexity index is 812. The highest BCUT2D eigenvalue weighted by Crippen LogP contribution is 2.76. The van der Waals surface area contributed by atoms with Gasteiger partial charge in [-0.05, 0) is 25.0 Å². The lowest BCUT2D eigenvalue weighted by molar-refractivity contribution is 0.333. The van der Waals surface area contributed by atoms with Crippen LogP contribution in [0.25, 0.3) is 0 Å². The molecule has 0 bridgehead atoms. The summed E-state index contributed by atoms with van der Waals surface area (Å²) in [5, 5.41) is 0.854. The summed E-state index contributed by atoms with van der Waals surface area (Å²) in [5.74, 6) is 0.645. The van der Waals surface area contributed by atoms with Gasteiger partial charge in [0.25, 0.3) is 23.0 Å². The van der Waals surface area contributed by atoms with Gasteiger partial charge in [0.05, 0.1) is 20.1 Å². The van der Waals surface area contributed by atoms with E-state index in [1.54, 1.807) is 0 Å². The van der Waals surface area contributed by atoms with E-state index in [1.807, 2.05) is 41.5 Å². The van der Waals surface area contributed by atoms with Crippen molar-refractivity contribution in [2.75, 3.05) is 0 Å². The number of rotatable bonds is 0. The Hall–Kier alpha value is -0.190. The fourth-order valence-electron chi connectivity index (χ4n) is 2.35. The largest absolute Gasteiger partial charge is 0.767 e. The van der Waals surface area contributed by atoms with Crippen molar-refractivity contribution in [3.8, 4) is 23.0 Å². The number of halogens is 6. The van der Waals surface area contributed by atoms with Crippen LogP contribution in [0, 0.1) is 13.8 Å². The summed E-state index contributed by atoms with van der Waals surface area (Å²) >= 11 is 37.1. The second-order valence-corrected chi connectivity index (χ2v) is 9.16. The molecule has 30 heavy (non-hydrogen) atoms. The molecular weight excluding hydrogens is 536 g/mol. The average molecular weight is 558 g/mol. The molecular formula is C19H22Cl6O4P+. The van der Waals surface area contributed by atoms with Gasteiger partial charge in [0.2, 0.25) is 0 Å². The molecule has 1 spiro atoms. The highest BCUT2D eigenvalue weighted by Gasteiger charge is 2.69. The van der Waals surface area contributed by atoms with Crippen molar-refractivity contribution in [2.45, 2.75) is 49.0 Å². The highest BCUT2D eigenvalue weighted by molar-refractivity contribution is 7.58. The molecule has 2 heterocycles. The summed E-state index contributed by atoms with van der Waals surface area (Å²) in [7, 11) is -3.40. The monoisotopic (exact) mass is 555 g/mol. The molecule has 168 valence electrons. The third-order valence-electron chi connectivity index (χ3n) is 3.82. The highest BCUT2D eigenvalue weighted by atomic mass is 35.5. The maximum atomic E-state index is 6.35. The number of hydrogen-bond acceptors (Lipinski definition) is 4. The Balaban J connectivity index is 0.000000851. The first-order valence-corrected chi connectivity index (χ1v) is 12.4. The van der Waals surface area contributed by atoms with Crippen LogP contribution < -0.4 is 18.1 Å². The summed E-state index contributed by atoms with van der Waals surface area (Å²) in [6, 6.07) is 0. The van der Waals surface area contributed by atoms with E-state index in [0.717, 1.165) is 11.1 Å².